The zero-order chi connectivity index (χ0) is 14.5. The Balaban J connectivity index is 2.23. The van der Waals surface area contributed by atoms with E-state index in [0.717, 1.165) is 25.2 Å². The maximum atomic E-state index is 13.5. The number of nitrogens with one attached hydrogen (secondary N) is 1. The molecule has 5 nitrogen and oxygen atoms in total. The van der Waals surface area contributed by atoms with Gasteiger partial charge in [-0.05, 0) is 26.0 Å². The van der Waals surface area contributed by atoms with E-state index in [1.807, 2.05) is 18.7 Å². The van der Waals surface area contributed by atoms with Crippen LogP contribution in [0.2, 0.25) is 0 Å². The Morgan fingerprint density at radius 2 is 1.95 bits per heavy atom. The molecule has 0 saturated heterocycles. The van der Waals surface area contributed by atoms with Crippen LogP contribution in [0.4, 0.5) is 26.2 Å². The van der Waals surface area contributed by atoms with Crippen LogP contribution in [-0.2, 0) is 0 Å². The van der Waals surface area contributed by atoms with Gasteiger partial charge in [0.05, 0.1) is 11.9 Å². The van der Waals surface area contributed by atoms with Crippen molar-refractivity contribution < 1.29 is 8.78 Å². The Labute approximate surface area is 115 Å². The monoisotopic (exact) mass is 279 g/mol. The highest BCUT2D eigenvalue weighted by molar-refractivity contribution is 5.55. The lowest BCUT2D eigenvalue weighted by Gasteiger charge is -2.19. The van der Waals surface area contributed by atoms with Crippen molar-refractivity contribution in [3.63, 3.8) is 0 Å². The molecule has 7 heteroatoms. The number of anilines is 3. The maximum absolute atomic E-state index is 13.5. The maximum Gasteiger partial charge on any atom is 0.249 e. The number of halogens is 2. The van der Waals surface area contributed by atoms with E-state index in [-0.39, 0.29) is 11.6 Å². The summed E-state index contributed by atoms with van der Waals surface area (Å²) >= 11 is 0. The standard InChI is InChI=1S/C13H15F2N5/c1-3-20(4-2)12-8-16-19-13(18-12)17-11-6-5-9(14)7-10(11)15/h5-8H,3-4H2,1-2H3,(H,17,18,19). The molecule has 0 spiro atoms. The van der Waals surface area contributed by atoms with Gasteiger partial charge in [0.2, 0.25) is 5.95 Å². The lowest BCUT2D eigenvalue weighted by molar-refractivity contribution is 0.586. The van der Waals surface area contributed by atoms with Crippen LogP contribution in [0.3, 0.4) is 0 Å². The Morgan fingerprint density at radius 1 is 1.20 bits per heavy atom. The summed E-state index contributed by atoms with van der Waals surface area (Å²) in [5.74, 6) is -0.527. The Morgan fingerprint density at radius 3 is 2.60 bits per heavy atom. The van der Waals surface area contributed by atoms with Crippen LogP contribution in [0.5, 0.6) is 0 Å². The van der Waals surface area contributed by atoms with Gasteiger partial charge in [-0.3, -0.25) is 0 Å². The Bertz CT molecular complexity index is 587. The predicted molar refractivity (Wildman–Crippen MR) is 73.0 cm³/mol. The molecule has 2 aromatic rings. The average molecular weight is 279 g/mol. The molecule has 0 aliphatic rings. The first-order chi connectivity index (χ1) is 9.63. The van der Waals surface area contributed by atoms with Crippen molar-refractivity contribution in [3.8, 4) is 0 Å². The van der Waals surface area contributed by atoms with Gasteiger partial charge in [0.25, 0.3) is 0 Å². The lowest BCUT2D eigenvalue weighted by Crippen LogP contribution is -2.23. The van der Waals surface area contributed by atoms with Crippen molar-refractivity contribution in [1.29, 1.82) is 0 Å². The van der Waals surface area contributed by atoms with Crippen molar-refractivity contribution in [2.24, 2.45) is 0 Å². The molecule has 0 bridgehead atoms. The van der Waals surface area contributed by atoms with Gasteiger partial charge in [0.15, 0.2) is 5.82 Å². The number of benzene rings is 1. The molecule has 106 valence electrons. The van der Waals surface area contributed by atoms with E-state index in [1.165, 1.54) is 6.07 Å². The Hall–Kier alpha value is -2.31. The quantitative estimate of drug-likeness (QED) is 0.912. The van der Waals surface area contributed by atoms with Gasteiger partial charge in [-0.2, -0.15) is 10.1 Å². The fourth-order valence-corrected chi connectivity index (χ4v) is 1.76. The van der Waals surface area contributed by atoms with Crippen LogP contribution in [0.1, 0.15) is 13.8 Å². The third kappa shape index (κ3) is 3.17. The molecule has 1 aromatic heterocycles. The van der Waals surface area contributed by atoms with Gasteiger partial charge in [0.1, 0.15) is 11.6 Å². The third-order valence-corrected chi connectivity index (χ3v) is 2.81. The fraction of sp³-hybridized carbons (Fsp3) is 0.308. The van der Waals surface area contributed by atoms with E-state index in [0.29, 0.717) is 5.82 Å². The largest absolute Gasteiger partial charge is 0.356 e. The molecule has 0 unspecified atom stereocenters. The molecule has 0 aliphatic carbocycles. The molecule has 2 rings (SSSR count). The second-order valence-corrected chi connectivity index (χ2v) is 4.06. The lowest BCUT2D eigenvalue weighted by atomic mass is 10.3. The molecule has 1 N–H and O–H groups in total. The topological polar surface area (TPSA) is 53.9 Å². The van der Waals surface area contributed by atoms with Crippen molar-refractivity contribution in [2.75, 3.05) is 23.3 Å². The summed E-state index contributed by atoms with van der Waals surface area (Å²) in [6.07, 6.45) is 1.54. The van der Waals surface area contributed by atoms with E-state index >= 15 is 0 Å². The summed E-state index contributed by atoms with van der Waals surface area (Å²) < 4.78 is 26.4. The third-order valence-electron chi connectivity index (χ3n) is 2.81. The van der Waals surface area contributed by atoms with E-state index < -0.39 is 11.6 Å². The number of nitrogens with zero attached hydrogens (tertiary/aromatic N) is 4. The summed E-state index contributed by atoms with van der Waals surface area (Å²) in [6, 6.07) is 3.25. The van der Waals surface area contributed by atoms with Gasteiger partial charge >= 0.3 is 0 Å². The highest BCUT2D eigenvalue weighted by Crippen LogP contribution is 2.19. The number of aromatic nitrogens is 3. The van der Waals surface area contributed by atoms with Gasteiger partial charge in [-0.1, -0.05) is 0 Å². The van der Waals surface area contributed by atoms with E-state index in [1.54, 1.807) is 6.20 Å². The summed E-state index contributed by atoms with van der Waals surface area (Å²) in [7, 11) is 0. The van der Waals surface area contributed by atoms with Crippen LogP contribution in [-0.4, -0.2) is 28.3 Å². The van der Waals surface area contributed by atoms with Crippen molar-refractivity contribution in [1.82, 2.24) is 15.2 Å². The second-order valence-electron chi connectivity index (χ2n) is 4.06. The molecule has 1 heterocycles. The molecule has 0 atom stereocenters. The fourth-order valence-electron chi connectivity index (χ4n) is 1.76. The van der Waals surface area contributed by atoms with Crippen molar-refractivity contribution in [3.05, 3.63) is 36.0 Å². The van der Waals surface area contributed by atoms with E-state index in [2.05, 4.69) is 20.5 Å². The summed E-state index contributed by atoms with van der Waals surface area (Å²) in [5.41, 5.74) is 0.102. The molecule has 20 heavy (non-hydrogen) atoms. The predicted octanol–water partition coefficient (Wildman–Crippen LogP) is 2.74. The smallest absolute Gasteiger partial charge is 0.249 e. The van der Waals surface area contributed by atoms with Crippen molar-refractivity contribution in [2.45, 2.75) is 13.8 Å². The van der Waals surface area contributed by atoms with E-state index in [9.17, 15) is 8.78 Å². The van der Waals surface area contributed by atoms with Crippen molar-refractivity contribution >= 4 is 17.5 Å². The molecular formula is C13H15F2N5. The van der Waals surface area contributed by atoms with E-state index in [4.69, 9.17) is 0 Å². The van der Waals surface area contributed by atoms with Crippen LogP contribution in [0, 0.1) is 11.6 Å². The number of hydrogen-bond donors (Lipinski definition) is 1. The van der Waals surface area contributed by atoms with Gasteiger partial charge in [-0.15, -0.1) is 5.10 Å². The summed E-state index contributed by atoms with van der Waals surface area (Å²) in [4.78, 5) is 6.24. The zero-order valence-corrected chi connectivity index (χ0v) is 11.3. The first-order valence-corrected chi connectivity index (χ1v) is 6.30. The SMILES string of the molecule is CCN(CC)c1cnnc(Nc2ccc(F)cc2F)n1. The van der Waals surface area contributed by atoms with Crippen LogP contribution >= 0.6 is 0 Å². The molecule has 0 saturated carbocycles. The van der Waals surface area contributed by atoms with Gasteiger partial charge in [0, 0.05) is 19.2 Å². The molecule has 1 aromatic carbocycles. The van der Waals surface area contributed by atoms with Crippen LogP contribution in [0.25, 0.3) is 0 Å². The highest BCUT2D eigenvalue weighted by atomic mass is 19.1. The second kappa shape index (κ2) is 6.23. The van der Waals surface area contributed by atoms with Crippen LogP contribution < -0.4 is 10.2 Å². The van der Waals surface area contributed by atoms with Crippen LogP contribution in [0.15, 0.2) is 24.4 Å². The summed E-state index contributed by atoms with van der Waals surface area (Å²) in [5, 5.41) is 10.3. The Kier molecular flexibility index (Phi) is 4.39. The normalized spacial score (nSPS) is 10.4. The summed E-state index contributed by atoms with van der Waals surface area (Å²) in [6.45, 7) is 5.55. The first kappa shape index (κ1) is 14.1. The highest BCUT2D eigenvalue weighted by Gasteiger charge is 2.09. The number of hydrogen-bond acceptors (Lipinski definition) is 5. The molecule has 0 radical (unpaired) electrons. The average Bonchev–Trinajstić information content (AvgIpc) is 2.44. The minimum atomic E-state index is -0.707. The minimum absolute atomic E-state index is 0.102. The molecule has 0 amide bonds. The first-order valence-electron chi connectivity index (χ1n) is 6.30. The minimum Gasteiger partial charge on any atom is -0.356 e. The number of rotatable bonds is 5. The zero-order valence-electron chi connectivity index (χ0n) is 11.3. The van der Waals surface area contributed by atoms with Gasteiger partial charge in [-0.25, -0.2) is 8.78 Å². The molecule has 0 fully saturated rings. The molecule has 0 aliphatic heterocycles. The molecular weight excluding hydrogens is 264 g/mol. The van der Waals surface area contributed by atoms with Gasteiger partial charge < -0.3 is 10.2 Å².